The Morgan fingerprint density at radius 1 is 1.13 bits per heavy atom. The Morgan fingerprint density at radius 2 is 1.84 bits per heavy atom. The zero-order valence-corrected chi connectivity index (χ0v) is 22.4. The first-order chi connectivity index (χ1) is 18.0. The van der Waals surface area contributed by atoms with Crippen LogP contribution in [0.4, 0.5) is 19.7 Å². The van der Waals surface area contributed by atoms with E-state index in [1.165, 1.54) is 0 Å². The van der Waals surface area contributed by atoms with Crippen molar-refractivity contribution >= 4 is 34.6 Å². The van der Waals surface area contributed by atoms with Crippen LogP contribution in [-0.4, -0.2) is 88.2 Å². The van der Waals surface area contributed by atoms with E-state index in [2.05, 4.69) is 15.3 Å². The van der Waals surface area contributed by atoms with Crippen molar-refractivity contribution in [1.29, 1.82) is 0 Å². The normalized spacial score (nSPS) is 21.6. The molecule has 11 heteroatoms. The molecule has 0 saturated carbocycles. The van der Waals surface area contributed by atoms with Crippen molar-refractivity contribution in [2.45, 2.75) is 70.2 Å². The van der Waals surface area contributed by atoms with Crippen LogP contribution in [0.5, 0.6) is 0 Å². The molecule has 1 aromatic carbocycles. The smallest absolute Gasteiger partial charge is 0.410 e. The van der Waals surface area contributed by atoms with Crippen LogP contribution >= 0.6 is 0 Å². The zero-order valence-electron chi connectivity index (χ0n) is 22.4. The van der Waals surface area contributed by atoms with E-state index in [0.717, 1.165) is 42.5 Å². The average Bonchev–Trinajstić information content (AvgIpc) is 3.28. The molecule has 38 heavy (non-hydrogen) atoms. The molecule has 206 valence electrons. The molecule has 3 fully saturated rings. The summed E-state index contributed by atoms with van der Waals surface area (Å²) in [6.45, 7) is 8.48. The Hall–Kier alpha value is -3.21. The van der Waals surface area contributed by atoms with Gasteiger partial charge in [0.05, 0.1) is 23.4 Å². The molecule has 4 amide bonds. The quantitative estimate of drug-likeness (QED) is 0.647. The lowest BCUT2D eigenvalue weighted by molar-refractivity contribution is -0.120. The number of hydrogen-bond acceptors (Lipinski definition) is 6. The van der Waals surface area contributed by atoms with Crippen LogP contribution in [0, 0.1) is 0 Å². The Balaban J connectivity index is 1.18. The molecule has 3 aliphatic heterocycles. The van der Waals surface area contributed by atoms with E-state index in [0.29, 0.717) is 39.0 Å². The second-order valence-corrected chi connectivity index (χ2v) is 11.7. The third-order valence-corrected chi connectivity index (χ3v) is 7.68. The lowest BCUT2D eigenvalue weighted by atomic mass is 9.91. The van der Waals surface area contributed by atoms with Crippen molar-refractivity contribution in [3.63, 3.8) is 0 Å². The number of imide groups is 1. The summed E-state index contributed by atoms with van der Waals surface area (Å²) >= 11 is 0. The number of nitrogens with zero attached hydrogens (tertiary/aromatic N) is 5. The van der Waals surface area contributed by atoms with Crippen LogP contribution < -0.4 is 10.2 Å². The number of alkyl halides is 1. The highest BCUT2D eigenvalue weighted by Gasteiger charge is 2.39. The van der Waals surface area contributed by atoms with Gasteiger partial charge in [-0.3, -0.25) is 19.7 Å². The maximum atomic E-state index is 15.7. The number of carbonyl (C=O) groups is 3. The van der Waals surface area contributed by atoms with Crippen molar-refractivity contribution in [3.05, 3.63) is 24.4 Å². The molecule has 2 aromatic rings. The number of rotatable bonds is 4. The molecule has 0 aliphatic carbocycles. The van der Waals surface area contributed by atoms with Gasteiger partial charge in [-0.2, -0.15) is 5.10 Å². The number of urea groups is 1. The molecule has 1 N–H and O–H groups in total. The summed E-state index contributed by atoms with van der Waals surface area (Å²) in [5.41, 5.74) is -0.180. The van der Waals surface area contributed by atoms with Crippen LogP contribution in [0.25, 0.3) is 10.9 Å². The fourth-order valence-electron chi connectivity index (χ4n) is 5.67. The van der Waals surface area contributed by atoms with Crippen molar-refractivity contribution < 1.29 is 23.5 Å². The van der Waals surface area contributed by atoms with E-state index in [1.807, 2.05) is 43.7 Å². The summed E-state index contributed by atoms with van der Waals surface area (Å²) in [6, 6.07) is 5.55. The number of hydrogen-bond donors (Lipinski definition) is 1. The van der Waals surface area contributed by atoms with Crippen LogP contribution in [0.15, 0.2) is 24.4 Å². The highest BCUT2D eigenvalue weighted by Crippen LogP contribution is 2.34. The first kappa shape index (κ1) is 26.4. The number of benzene rings is 1. The minimum absolute atomic E-state index is 0.181. The van der Waals surface area contributed by atoms with Gasteiger partial charge in [-0.05, 0) is 45.7 Å². The van der Waals surface area contributed by atoms with Gasteiger partial charge in [0.2, 0.25) is 5.91 Å². The number of anilines is 1. The van der Waals surface area contributed by atoms with Gasteiger partial charge in [0.1, 0.15) is 11.3 Å². The minimum atomic E-state index is -1.31. The van der Waals surface area contributed by atoms with E-state index in [9.17, 15) is 14.4 Å². The number of ether oxygens (including phenoxy) is 1. The fraction of sp³-hybridized carbons (Fsp3) is 0.630. The Labute approximate surface area is 222 Å². The molecule has 0 unspecified atom stereocenters. The number of carbonyl (C=O) groups excluding carboxylic acids is 3. The standard InChI is InChI=1S/C27H37FN6O4/c1-26(2,3)38-25(37)32-15-10-27(28,11-16-32)18-31-12-7-19(8-13-31)34-22-6-4-5-21(20(22)17-29-34)33-14-9-23(35)30-24(33)36/h4-6,17,19H,7-16,18H2,1-3H3,(H,30,35,36). The Morgan fingerprint density at radius 3 is 2.50 bits per heavy atom. The first-order valence-electron chi connectivity index (χ1n) is 13.5. The molecular weight excluding hydrogens is 491 g/mol. The van der Waals surface area contributed by atoms with Crippen molar-refractivity contribution in [3.8, 4) is 0 Å². The SMILES string of the molecule is CC(C)(C)OC(=O)N1CCC(F)(CN2CCC(n3ncc4c(N5CCC(=O)NC5=O)cccc43)CC2)CC1. The predicted molar refractivity (Wildman–Crippen MR) is 141 cm³/mol. The van der Waals surface area contributed by atoms with Gasteiger partial charge in [-0.25, -0.2) is 14.0 Å². The minimum Gasteiger partial charge on any atom is -0.444 e. The molecule has 0 atom stereocenters. The third-order valence-electron chi connectivity index (χ3n) is 7.68. The summed E-state index contributed by atoms with van der Waals surface area (Å²) in [5.74, 6) is -0.260. The molecule has 0 radical (unpaired) electrons. The Kier molecular flexibility index (Phi) is 7.06. The maximum Gasteiger partial charge on any atom is 0.410 e. The molecule has 0 bridgehead atoms. The van der Waals surface area contributed by atoms with Crippen LogP contribution in [0.1, 0.15) is 58.9 Å². The molecule has 3 saturated heterocycles. The molecular formula is C27H37FN6O4. The van der Waals surface area contributed by atoms with E-state index in [4.69, 9.17) is 4.74 Å². The second-order valence-electron chi connectivity index (χ2n) is 11.7. The second kappa shape index (κ2) is 10.2. The number of likely N-dealkylation sites (tertiary alicyclic amines) is 2. The summed E-state index contributed by atoms with van der Waals surface area (Å²) in [6.07, 6.45) is 4.01. The van der Waals surface area contributed by atoms with Gasteiger partial charge in [-0.15, -0.1) is 0 Å². The number of aromatic nitrogens is 2. The molecule has 10 nitrogen and oxygen atoms in total. The molecule has 0 spiro atoms. The van der Waals surface area contributed by atoms with Gasteiger partial charge in [0.25, 0.3) is 0 Å². The Bertz CT molecular complexity index is 1210. The number of piperidine rings is 2. The van der Waals surface area contributed by atoms with E-state index in [1.54, 1.807) is 16.0 Å². The lowest BCUT2D eigenvalue weighted by Crippen LogP contribution is -2.51. The van der Waals surface area contributed by atoms with E-state index in [-0.39, 0.29) is 24.5 Å². The van der Waals surface area contributed by atoms with Gasteiger partial charge >= 0.3 is 12.1 Å². The molecule has 1 aromatic heterocycles. The monoisotopic (exact) mass is 528 g/mol. The zero-order chi connectivity index (χ0) is 27.1. The summed E-state index contributed by atoms with van der Waals surface area (Å²) in [5, 5.41) is 7.92. The van der Waals surface area contributed by atoms with Crippen LogP contribution in [0.3, 0.4) is 0 Å². The highest BCUT2D eigenvalue weighted by molar-refractivity contribution is 6.09. The van der Waals surface area contributed by atoms with Crippen LogP contribution in [0.2, 0.25) is 0 Å². The highest BCUT2D eigenvalue weighted by atomic mass is 19.1. The predicted octanol–water partition coefficient (Wildman–Crippen LogP) is 3.86. The van der Waals surface area contributed by atoms with Gasteiger partial charge in [0, 0.05) is 63.9 Å². The van der Waals surface area contributed by atoms with E-state index < -0.39 is 17.3 Å². The van der Waals surface area contributed by atoms with Crippen molar-refractivity contribution in [2.75, 3.05) is 44.2 Å². The lowest BCUT2D eigenvalue weighted by Gasteiger charge is -2.41. The molecule has 5 rings (SSSR count). The largest absolute Gasteiger partial charge is 0.444 e. The molecule has 4 heterocycles. The summed E-state index contributed by atoms with van der Waals surface area (Å²) < 4.78 is 23.1. The maximum absolute atomic E-state index is 15.7. The summed E-state index contributed by atoms with van der Waals surface area (Å²) in [4.78, 5) is 41.7. The van der Waals surface area contributed by atoms with Gasteiger partial charge < -0.3 is 14.5 Å². The molecule has 3 aliphatic rings. The average molecular weight is 529 g/mol. The number of amides is 4. The third kappa shape index (κ3) is 5.62. The number of nitrogens with one attached hydrogen (secondary N) is 1. The topological polar surface area (TPSA) is 100 Å². The van der Waals surface area contributed by atoms with E-state index >= 15 is 4.39 Å². The summed E-state index contributed by atoms with van der Waals surface area (Å²) in [7, 11) is 0. The van der Waals surface area contributed by atoms with Gasteiger partial charge in [-0.1, -0.05) is 6.07 Å². The number of halogens is 1. The first-order valence-corrected chi connectivity index (χ1v) is 13.5. The van der Waals surface area contributed by atoms with Crippen LogP contribution in [-0.2, 0) is 9.53 Å². The van der Waals surface area contributed by atoms with Crippen molar-refractivity contribution in [2.24, 2.45) is 0 Å². The van der Waals surface area contributed by atoms with Gasteiger partial charge in [0.15, 0.2) is 0 Å². The number of fused-ring (bicyclic) bond motifs is 1. The fourth-order valence-corrected chi connectivity index (χ4v) is 5.67. The van der Waals surface area contributed by atoms with Crippen molar-refractivity contribution in [1.82, 2.24) is 24.9 Å².